The molecule has 1 aromatic carbocycles. The van der Waals surface area contributed by atoms with E-state index in [4.69, 9.17) is 4.52 Å². The summed E-state index contributed by atoms with van der Waals surface area (Å²) in [5.74, 6) is -6.98. The molecular formula is C22H17F6N3O3. The van der Waals surface area contributed by atoms with Crippen molar-refractivity contribution in [1.82, 2.24) is 10.1 Å². The number of carbonyl (C=O) groups excluding carboxylic acids is 1. The van der Waals surface area contributed by atoms with Crippen LogP contribution in [0.5, 0.6) is 5.88 Å². The standard InChI is InChI=1S/C22H17F6N3O3/c23-12-1-2-15(24)14(9-12)13-5-8-29-18(11-3-6-22(27,28)7-4-11)19(13)30-20(32)16-10-17(31-34-16)33-21(25)26/h1-2,5,8-11,21H,3-4,6-7H2,(H,30,32). The fraction of sp³-hybridized carbons (Fsp3) is 0.318. The first-order valence-corrected chi connectivity index (χ1v) is 10.2. The number of benzene rings is 1. The predicted molar refractivity (Wildman–Crippen MR) is 107 cm³/mol. The highest BCUT2D eigenvalue weighted by Crippen LogP contribution is 2.44. The lowest BCUT2D eigenvalue weighted by Crippen LogP contribution is -2.25. The SMILES string of the molecule is O=C(Nc1c(-c2cc(F)ccc2F)ccnc1C1CCC(F)(F)CC1)c1cc(OC(F)F)no1. The Balaban J connectivity index is 1.74. The van der Waals surface area contributed by atoms with Crippen molar-refractivity contribution in [3.05, 3.63) is 59.6 Å². The molecule has 0 atom stereocenters. The molecule has 2 heterocycles. The maximum absolute atomic E-state index is 14.6. The minimum Gasteiger partial charge on any atom is -0.414 e. The monoisotopic (exact) mass is 485 g/mol. The van der Waals surface area contributed by atoms with E-state index < -0.39 is 60.5 Å². The quantitative estimate of drug-likeness (QED) is 0.423. The molecule has 6 nitrogen and oxygen atoms in total. The van der Waals surface area contributed by atoms with E-state index in [2.05, 4.69) is 20.2 Å². The summed E-state index contributed by atoms with van der Waals surface area (Å²) >= 11 is 0. The van der Waals surface area contributed by atoms with Crippen LogP contribution in [0.2, 0.25) is 0 Å². The molecule has 4 rings (SSSR count). The molecule has 0 aliphatic heterocycles. The zero-order valence-electron chi connectivity index (χ0n) is 17.3. The van der Waals surface area contributed by atoms with Gasteiger partial charge in [-0.2, -0.15) is 8.78 Å². The smallest absolute Gasteiger partial charge is 0.388 e. The van der Waals surface area contributed by atoms with Crippen LogP contribution < -0.4 is 10.1 Å². The summed E-state index contributed by atoms with van der Waals surface area (Å²) in [5, 5.41) is 5.68. The number of hydrogen-bond acceptors (Lipinski definition) is 5. The van der Waals surface area contributed by atoms with Crippen LogP contribution in [0.25, 0.3) is 11.1 Å². The molecule has 1 N–H and O–H groups in total. The molecule has 0 bridgehead atoms. The Morgan fingerprint density at radius 3 is 2.56 bits per heavy atom. The number of anilines is 1. The van der Waals surface area contributed by atoms with Crippen molar-refractivity contribution < 1.29 is 40.4 Å². The van der Waals surface area contributed by atoms with Gasteiger partial charge in [0, 0.05) is 36.1 Å². The van der Waals surface area contributed by atoms with Gasteiger partial charge in [0.15, 0.2) is 0 Å². The fourth-order valence-corrected chi connectivity index (χ4v) is 3.85. The molecule has 2 aromatic heterocycles. The zero-order valence-corrected chi connectivity index (χ0v) is 17.3. The van der Waals surface area contributed by atoms with E-state index in [1.165, 1.54) is 12.3 Å². The summed E-state index contributed by atoms with van der Waals surface area (Å²) < 4.78 is 89.4. The third-order valence-electron chi connectivity index (χ3n) is 5.46. The van der Waals surface area contributed by atoms with Crippen molar-refractivity contribution >= 4 is 11.6 Å². The molecule has 1 aliphatic carbocycles. The van der Waals surface area contributed by atoms with Crippen molar-refractivity contribution in [1.29, 1.82) is 0 Å². The number of hydrogen-bond donors (Lipinski definition) is 1. The van der Waals surface area contributed by atoms with Crippen LogP contribution >= 0.6 is 0 Å². The van der Waals surface area contributed by atoms with Crippen molar-refractivity contribution in [3.8, 4) is 17.0 Å². The largest absolute Gasteiger partial charge is 0.414 e. The number of alkyl halides is 4. The number of amides is 1. The Labute approximate surface area is 188 Å². The third kappa shape index (κ3) is 5.15. The Kier molecular flexibility index (Phi) is 6.49. The molecular weight excluding hydrogens is 468 g/mol. The van der Waals surface area contributed by atoms with Crippen LogP contribution in [0.15, 0.2) is 41.1 Å². The molecule has 12 heteroatoms. The maximum Gasteiger partial charge on any atom is 0.388 e. The van der Waals surface area contributed by atoms with Crippen molar-refractivity contribution in [2.45, 2.75) is 44.1 Å². The van der Waals surface area contributed by atoms with Gasteiger partial charge in [0.25, 0.3) is 11.8 Å². The van der Waals surface area contributed by atoms with E-state index >= 15 is 0 Å². The molecule has 1 amide bonds. The molecule has 3 aromatic rings. The number of nitrogens with zero attached hydrogens (tertiary/aromatic N) is 2. The maximum atomic E-state index is 14.6. The molecule has 180 valence electrons. The van der Waals surface area contributed by atoms with Gasteiger partial charge in [-0.05, 0) is 42.3 Å². The minimum absolute atomic E-state index is 0.0417. The molecule has 1 saturated carbocycles. The minimum atomic E-state index is -3.20. The predicted octanol–water partition coefficient (Wildman–Crippen LogP) is 6.16. The average molecular weight is 485 g/mol. The first-order valence-electron chi connectivity index (χ1n) is 10.2. The lowest BCUT2D eigenvalue weighted by Gasteiger charge is -2.29. The van der Waals surface area contributed by atoms with Crippen molar-refractivity contribution in [2.75, 3.05) is 5.32 Å². The summed E-state index contributed by atoms with van der Waals surface area (Å²) in [6.45, 7) is -3.20. The van der Waals surface area contributed by atoms with E-state index in [0.717, 1.165) is 24.3 Å². The first kappa shape index (κ1) is 23.6. The van der Waals surface area contributed by atoms with E-state index in [1.807, 2.05) is 0 Å². The average Bonchev–Trinajstić information content (AvgIpc) is 3.24. The summed E-state index contributed by atoms with van der Waals surface area (Å²) in [7, 11) is 0. The Morgan fingerprint density at radius 2 is 1.85 bits per heavy atom. The molecule has 1 aliphatic rings. The van der Waals surface area contributed by atoms with Gasteiger partial charge < -0.3 is 14.6 Å². The number of halogens is 6. The van der Waals surface area contributed by atoms with Crippen molar-refractivity contribution in [3.63, 3.8) is 0 Å². The molecule has 1 fully saturated rings. The first-order chi connectivity index (χ1) is 16.1. The fourth-order valence-electron chi connectivity index (χ4n) is 3.85. The second-order valence-corrected chi connectivity index (χ2v) is 7.74. The van der Waals surface area contributed by atoms with Crippen LogP contribution in [0.4, 0.5) is 32.0 Å². The van der Waals surface area contributed by atoms with E-state index in [9.17, 15) is 31.1 Å². The highest BCUT2D eigenvalue weighted by Gasteiger charge is 2.37. The second-order valence-electron chi connectivity index (χ2n) is 7.74. The molecule has 0 saturated heterocycles. The normalized spacial score (nSPS) is 16.0. The molecule has 34 heavy (non-hydrogen) atoms. The second kappa shape index (κ2) is 9.35. The number of aromatic nitrogens is 2. The van der Waals surface area contributed by atoms with Gasteiger partial charge in [-0.1, -0.05) is 0 Å². The summed E-state index contributed by atoms with van der Waals surface area (Å²) in [4.78, 5) is 17.0. The van der Waals surface area contributed by atoms with Gasteiger partial charge in [0.1, 0.15) is 11.6 Å². The Bertz CT molecular complexity index is 1190. The Hall–Kier alpha value is -3.57. The topological polar surface area (TPSA) is 77.2 Å². The third-order valence-corrected chi connectivity index (χ3v) is 5.46. The highest BCUT2D eigenvalue weighted by molar-refractivity contribution is 6.05. The molecule has 0 unspecified atom stereocenters. The molecule has 0 radical (unpaired) electrons. The van der Waals surface area contributed by atoms with Gasteiger partial charge in [-0.15, -0.1) is 0 Å². The summed E-state index contributed by atoms with van der Waals surface area (Å²) in [6.07, 6.45) is 0.600. The van der Waals surface area contributed by atoms with Gasteiger partial charge in [-0.3, -0.25) is 9.78 Å². The van der Waals surface area contributed by atoms with Gasteiger partial charge >= 0.3 is 6.61 Å². The number of pyridine rings is 1. The summed E-state index contributed by atoms with van der Waals surface area (Å²) in [6, 6.07) is 4.90. The van der Waals surface area contributed by atoms with Crippen LogP contribution in [0, 0.1) is 11.6 Å². The lowest BCUT2D eigenvalue weighted by molar-refractivity contribution is -0.0546. The summed E-state index contributed by atoms with van der Waals surface area (Å²) in [5.41, 5.74) is 0.0177. The lowest BCUT2D eigenvalue weighted by atomic mass is 9.83. The number of rotatable bonds is 6. The van der Waals surface area contributed by atoms with Crippen LogP contribution in [0.3, 0.4) is 0 Å². The van der Waals surface area contributed by atoms with Crippen molar-refractivity contribution in [2.24, 2.45) is 0 Å². The van der Waals surface area contributed by atoms with E-state index in [0.29, 0.717) is 0 Å². The van der Waals surface area contributed by atoms with Crippen LogP contribution in [0.1, 0.15) is 47.8 Å². The highest BCUT2D eigenvalue weighted by atomic mass is 19.3. The number of nitrogens with one attached hydrogen (secondary N) is 1. The molecule has 0 spiro atoms. The van der Waals surface area contributed by atoms with Gasteiger partial charge in [0.2, 0.25) is 11.7 Å². The zero-order chi connectivity index (χ0) is 24.5. The van der Waals surface area contributed by atoms with E-state index in [1.54, 1.807) is 0 Å². The van der Waals surface area contributed by atoms with Crippen LogP contribution in [-0.4, -0.2) is 28.6 Å². The van der Waals surface area contributed by atoms with E-state index in [-0.39, 0.29) is 35.3 Å². The Morgan fingerprint density at radius 1 is 1.12 bits per heavy atom. The van der Waals surface area contributed by atoms with Gasteiger partial charge in [0.05, 0.1) is 17.4 Å². The number of ether oxygens (including phenoxy) is 1. The van der Waals surface area contributed by atoms with Crippen LogP contribution in [-0.2, 0) is 0 Å². The number of carbonyl (C=O) groups is 1. The van der Waals surface area contributed by atoms with Gasteiger partial charge in [-0.25, -0.2) is 17.6 Å².